The van der Waals surface area contributed by atoms with Crippen LogP contribution in [-0.2, 0) is 0 Å². The fourth-order valence-corrected chi connectivity index (χ4v) is 16.2. The van der Waals surface area contributed by atoms with Crippen molar-refractivity contribution in [3.8, 4) is 61.7 Å². The molecule has 2 aromatic heterocycles. The number of furan rings is 2. The highest BCUT2D eigenvalue weighted by molar-refractivity contribution is 7.00. The molecule has 16 aromatic carbocycles. The van der Waals surface area contributed by atoms with Gasteiger partial charge in [-0.05, 0) is 177 Å². The Hall–Kier alpha value is -14.1. The molecule has 0 unspecified atom stereocenters. The van der Waals surface area contributed by atoms with Crippen LogP contribution in [0.15, 0.2) is 385 Å². The predicted octanol–water partition coefficient (Wildman–Crippen LogP) is 24.7. The van der Waals surface area contributed by atoms with Gasteiger partial charge >= 0.3 is 0 Å². The lowest BCUT2D eigenvalue weighted by Gasteiger charge is -2.46. The first-order valence-electron chi connectivity index (χ1n) is 37.7. The zero-order chi connectivity index (χ0) is 73.8. The van der Waals surface area contributed by atoms with E-state index in [0.717, 1.165) is 167 Å². The molecule has 0 fully saturated rings. The van der Waals surface area contributed by atoms with Gasteiger partial charge in [-0.3, -0.25) is 0 Å². The summed E-state index contributed by atoms with van der Waals surface area (Å²) in [7, 11) is 0. The molecule has 7 nitrogen and oxygen atoms in total. The molecular formula is C97H62BN5O2. The van der Waals surface area contributed by atoms with Gasteiger partial charge in [-0.25, -0.2) is 0 Å². The van der Waals surface area contributed by atoms with Gasteiger partial charge in [-0.1, -0.05) is 249 Å². The largest absolute Gasteiger partial charge is 0.456 e. The Labute approximate surface area is 615 Å². The second-order valence-corrected chi connectivity index (χ2v) is 26.6. The molecule has 2 aliphatic rings. The Balaban J connectivity index is 0.970. The number of fused-ring (bicyclic) bond motifs is 11. The van der Waals surface area contributed by atoms with Gasteiger partial charge in [0.05, 0.1) is 29.9 Å². The van der Waals surface area contributed by atoms with Gasteiger partial charge in [0.15, 0.2) is 0 Å². The molecule has 0 spiro atoms. The molecule has 0 radical (unpaired) electrons. The summed E-state index contributed by atoms with van der Waals surface area (Å²) in [6.07, 6.45) is 0. The predicted molar refractivity (Wildman–Crippen MR) is 436 cm³/mol. The van der Waals surface area contributed by atoms with Crippen LogP contribution in [0.1, 0.15) is 12.4 Å². The maximum atomic E-state index is 10.2. The normalized spacial score (nSPS) is 12.8. The van der Waals surface area contributed by atoms with Crippen LogP contribution in [0.2, 0.25) is 0 Å². The summed E-state index contributed by atoms with van der Waals surface area (Å²) in [5.74, 6) is 0. The average molecular weight is 1350 g/mol. The first-order valence-corrected chi connectivity index (χ1v) is 35.2. The fraction of sp³-hybridized carbons (Fsp3) is 0. The second kappa shape index (κ2) is 25.2. The van der Waals surface area contributed by atoms with Gasteiger partial charge in [0, 0.05) is 101 Å². The molecule has 0 N–H and O–H groups in total. The molecule has 490 valence electrons. The van der Waals surface area contributed by atoms with Crippen molar-refractivity contribution in [3.05, 3.63) is 382 Å². The summed E-state index contributed by atoms with van der Waals surface area (Å²) in [4.78, 5) is 9.07. The molecule has 4 heterocycles. The van der Waals surface area contributed by atoms with Crippen molar-refractivity contribution < 1.29 is 15.7 Å². The Morgan fingerprint density at radius 1 is 0.305 bits per heavy atom. The number of rotatable bonds is 13. The van der Waals surface area contributed by atoms with Gasteiger partial charge in [-0.15, -0.1) is 0 Å². The topological polar surface area (TPSA) is 63.0 Å². The summed E-state index contributed by atoms with van der Waals surface area (Å²) < 4.78 is 60.3. The lowest BCUT2D eigenvalue weighted by atomic mass is 9.33. The third-order valence-corrected chi connectivity index (χ3v) is 20.7. The zero-order valence-electron chi connectivity index (χ0n) is 61.5. The average Bonchev–Trinajstić information content (AvgIpc) is 1.65. The number of hydrogen-bond acceptors (Lipinski definition) is 7. The van der Waals surface area contributed by atoms with Crippen molar-refractivity contribution >= 4 is 135 Å². The minimum absolute atomic E-state index is 0.00900. The van der Waals surface area contributed by atoms with Gasteiger partial charge in [0.1, 0.15) is 22.3 Å². The van der Waals surface area contributed by atoms with E-state index in [1.165, 1.54) is 0 Å². The molecule has 18 aromatic rings. The third kappa shape index (κ3) is 10.2. The van der Waals surface area contributed by atoms with Crippen LogP contribution in [0.3, 0.4) is 0 Å². The van der Waals surface area contributed by atoms with Crippen molar-refractivity contribution in [1.29, 1.82) is 5.26 Å². The minimum Gasteiger partial charge on any atom is -0.456 e. The van der Waals surface area contributed by atoms with Crippen molar-refractivity contribution in [2.24, 2.45) is 0 Å². The first kappa shape index (κ1) is 55.6. The fourth-order valence-electron chi connectivity index (χ4n) is 16.2. The Morgan fingerprint density at radius 2 is 0.705 bits per heavy atom. The zero-order valence-corrected chi connectivity index (χ0v) is 56.5. The number of nitriles is 1. The van der Waals surface area contributed by atoms with E-state index in [2.05, 4.69) is 269 Å². The van der Waals surface area contributed by atoms with Gasteiger partial charge in [0.2, 0.25) is 0 Å². The van der Waals surface area contributed by atoms with E-state index >= 15 is 0 Å². The minimum atomic E-state index is -0.517. The standard InChI is InChI=1S/C97H62BN5O2/c99-63-64-46-49-74(50-47-64)101(73-38-20-7-21-39-73)76-52-54-84-86(62-76)103(97-79(67-30-12-3-13-31-67)43-25-44-80(97)68-32-14-4-15-33-68)88-60-70(69-48-55-90-82(58-69)94-92(105-90)57-56-91-93(94)81-40-22-23-45-89(81)104-91)59-87-95(88)98(84)83-53-51-75(100(71-34-16-5-17-35-71)72-36-18-6-19-37-72)61-85(83)102(87)96-77(65-26-8-1-9-27-65)41-24-42-78(96)66-28-10-2-11-29-66/h1-62H/i5D,16D,17D,34D,35D. The van der Waals surface area contributed by atoms with E-state index in [9.17, 15) is 10.7 Å². The summed E-state index contributed by atoms with van der Waals surface area (Å²) in [5, 5.41) is 14.1. The van der Waals surface area contributed by atoms with Gasteiger partial charge in [0.25, 0.3) is 6.71 Å². The lowest BCUT2D eigenvalue weighted by molar-refractivity contribution is 0.663. The van der Waals surface area contributed by atoms with E-state index in [1.807, 2.05) is 102 Å². The Kier molecular flexibility index (Phi) is 13.3. The molecule has 2 aliphatic heterocycles. The SMILES string of the molecule is [2H]c1c([2H])c([2H])c(N(c2ccccc2)c2ccc3c(c2)N(c2c(-c4ccccc4)cccc2-c2ccccc2)c2cc(-c4ccc5oc6ccc7oc8ccccc8c7c6c5c4)cc4c2B3c2ccc(N(c3ccccc3)c3ccc(C#N)cc3)cc2N4c2c(-c3ccccc3)cccc2-c2ccccc2)c([2H])c1[2H]. The van der Waals surface area contributed by atoms with E-state index in [1.54, 1.807) is 0 Å². The maximum absolute atomic E-state index is 10.2. The summed E-state index contributed by atoms with van der Waals surface area (Å²) in [5.41, 5.74) is 25.5. The van der Waals surface area contributed by atoms with Crippen molar-refractivity contribution in [3.63, 3.8) is 0 Å². The molecule has 0 bridgehead atoms. The monoisotopic (exact) mass is 1340 g/mol. The van der Waals surface area contributed by atoms with Crippen molar-refractivity contribution in [2.75, 3.05) is 19.6 Å². The lowest BCUT2D eigenvalue weighted by Crippen LogP contribution is -2.61. The smallest absolute Gasteiger partial charge is 0.252 e. The Bertz CT molecular complexity index is 6620. The molecule has 0 amide bonds. The maximum Gasteiger partial charge on any atom is 0.252 e. The summed E-state index contributed by atoms with van der Waals surface area (Å²) >= 11 is 0. The van der Waals surface area contributed by atoms with Crippen LogP contribution in [0, 0.1) is 11.3 Å². The van der Waals surface area contributed by atoms with Crippen LogP contribution in [0.4, 0.5) is 68.2 Å². The van der Waals surface area contributed by atoms with Crippen molar-refractivity contribution in [1.82, 2.24) is 0 Å². The number of anilines is 12. The number of para-hydroxylation sites is 6. The van der Waals surface area contributed by atoms with Crippen LogP contribution in [-0.4, -0.2) is 6.71 Å². The van der Waals surface area contributed by atoms with E-state index < -0.39 is 24.8 Å². The highest BCUT2D eigenvalue weighted by atomic mass is 16.3. The van der Waals surface area contributed by atoms with Crippen molar-refractivity contribution in [2.45, 2.75) is 0 Å². The highest BCUT2D eigenvalue weighted by Crippen LogP contribution is 2.56. The van der Waals surface area contributed by atoms with E-state index in [0.29, 0.717) is 16.9 Å². The molecule has 8 heteroatoms. The van der Waals surface area contributed by atoms with Gasteiger partial charge < -0.3 is 28.4 Å². The molecule has 20 rings (SSSR count). The molecule has 0 atom stereocenters. The number of nitrogens with zero attached hydrogens (tertiary/aromatic N) is 5. The second-order valence-electron chi connectivity index (χ2n) is 26.6. The molecule has 0 saturated carbocycles. The first-order chi connectivity index (χ1) is 54.1. The summed E-state index contributed by atoms with van der Waals surface area (Å²) in [6, 6.07) is 120. The molecule has 0 saturated heterocycles. The third-order valence-electron chi connectivity index (χ3n) is 20.7. The number of benzene rings is 16. The quantitative estimate of drug-likeness (QED) is 0.107. The van der Waals surface area contributed by atoms with E-state index in [-0.39, 0.29) is 17.8 Å². The number of hydrogen-bond donors (Lipinski definition) is 0. The molecule has 105 heavy (non-hydrogen) atoms. The highest BCUT2D eigenvalue weighted by Gasteiger charge is 2.46. The van der Waals surface area contributed by atoms with Crippen LogP contribution < -0.4 is 36.0 Å². The molecule has 0 aliphatic carbocycles. The van der Waals surface area contributed by atoms with Crippen LogP contribution in [0.5, 0.6) is 0 Å². The van der Waals surface area contributed by atoms with E-state index in [4.69, 9.17) is 10.2 Å². The summed E-state index contributed by atoms with van der Waals surface area (Å²) in [6.45, 7) is -0.517. The van der Waals surface area contributed by atoms with Crippen LogP contribution >= 0.6 is 0 Å². The van der Waals surface area contributed by atoms with Crippen LogP contribution in [0.25, 0.3) is 99.5 Å². The Morgan fingerprint density at radius 3 is 1.18 bits per heavy atom. The molecular weight excluding hydrogens is 1280 g/mol. The van der Waals surface area contributed by atoms with Gasteiger partial charge in [-0.2, -0.15) is 5.26 Å².